The summed E-state index contributed by atoms with van der Waals surface area (Å²) in [4.78, 5) is 36.7. The van der Waals surface area contributed by atoms with Crippen LogP contribution in [0.5, 0.6) is 0 Å². The van der Waals surface area contributed by atoms with Gasteiger partial charge in [0.1, 0.15) is 0 Å². The molecule has 0 radical (unpaired) electrons. The van der Waals surface area contributed by atoms with Crippen molar-refractivity contribution in [3.05, 3.63) is 493 Å². The topological polar surface area (TPSA) is 77.3 Å². The quantitative estimate of drug-likeness (QED) is 0.125. The minimum Gasteiger partial charge on any atom is -0.247 e. The minimum atomic E-state index is -0.456. The number of hydrogen-bond acceptors (Lipinski definition) is 8. The molecule has 596 valence electrons. The summed E-state index contributed by atoms with van der Waals surface area (Å²) in [7, 11) is 0. The molecule has 128 heavy (non-hydrogen) atoms. The Hall–Kier alpha value is -15.8. The second-order valence-corrected chi connectivity index (χ2v) is 35.4. The van der Waals surface area contributed by atoms with E-state index in [1.54, 1.807) is 0 Å². The summed E-state index contributed by atoms with van der Waals surface area (Å²) in [5, 5.41) is 7.08. The highest BCUT2D eigenvalue weighted by atomic mass is 32.2. The Labute approximate surface area is 749 Å². The third kappa shape index (κ3) is 12.0. The molecule has 0 saturated heterocycles. The molecule has 2 aliphatic heterocycles. The van der Waals surface area contributed by atoms with Crippen LogP contribution in [0.1, 0.15) is 44.5 Å². The van der Waals surface area contributed by atoms with Gasteiger partial charge in [0.05, 0.1) is 56.0 Å². The summed E-state index contributed by atoms with van der Waals surface area (Å²) in [5.74, 6) is 1.39. The first kappa shape index (κ1) is 74.8. The van der Waals surface area contributed by atoms with Crippen molar-refractivity contribution in [2.24, 2.45) is 0 Å². The molecule has 0 saturated carbocycles. The standard InChI is InChI=1S/2C60H37N3S/c1-3-16-38(17-4-1)42-20-15-21-43(36-42)53-37-52(62-59(63-53)41-18-5-2-6-19-41)39-30-32-40(33-31-39)58-46-34-35-50-57(56(46)45-23-8-12-27-51(45)61-58)44-22-7-9-24-47(44)60(50)48-25-10-13-28-54(48)64-55-29-14-11-26-49(55)60;1-3-15-38(16-4-1)39-27-29-40(30-28-39)52-37-53(63-59(62-52)43-17-5-2-6-18-43)41-31-33-42(34-32-41)58-46-35-36-50-57(56(46)45-20-8-12-24-51(45)61-58)44-19-7-9-21-47(44)60(50)48-22-10-13-25-54(48)64-55-26-14-11-23-49(55)60/h2*1-37H. The zero-order valence-corrected chi connectivity index (χ0v) is 70.9. The second-order valence-electron chi connectivity index (χ2n) is 33.3. The lowest BCUT2D eigenvalue weighted by Crippen LogP contribution is -2.31. The van der Waals surface area contributed by atoms with Gasteiger partial charge in [0.25, 0.3) is 0 Å². The maximum atomic E-state index is 5.45. The van der Waals surface area contributed by atoms with Gasteiger partial charge in [-0.05, 0) is 144 Å². The van der Waals surface area contributed by atoms with Gasteiger partial charge in [0.2, 0.25) is 0 Å². The molecule has 4 aliphatic rings. The number of nitrogens with zero attached hydrogens (tertiary/aromatic N) is 6. The fraction of sp³-hybridized carbons (Fsp3) is 0.0167. The van der Waals surface area contributed by atoms with Gasteiger partial charge in [-0.2, -0.15) is 0 Å². The lowest BCUT2D eigenvalue weighted by atomic mass is 9.67. The van der Waals surface area contributed by atoms with E-state index in [0.29, 0.717) is 11.6 Å². The molecule has 0 atom stereocenters. The largest absolute Gasteiger partial charge is 0.247 e. The van der Waals surface area contributed by atoms with Gasteiger partial charge in [0, 0.05) is 96.4 Å². The second kappa shape index (κ2) is 30.5. The summed E-state index contributed by atoms with van der Waals surface area (Å²) in [5.41, 5.74) is 35.1. The summed E-state index contributed by atoms with van der Waals surface area (Å²) >= 11 is 3.76. The van der Waals surface area contributed by atoms with Gasteiger partial charge in [-0.1, -0.05) is 418 Å². The average molecular weight is 1660 g/mol. The van der Waals surface area contributed by atoms with Crippen molar-refractivity contribution < 1.29 is 0 Å². The van der Waals surface area contributed by atoms with Crippen LogP contribution in [0.25, 0.3) is 178 Å². The van der Waals surface area contributed by atoms with E-state index in [4.69, 9.17) is 29.9 Å². The predicted molar refractivity (Wildman–Crippen MR) is 527 cm³/mol. The van der Waals surface area contributed by atoms with Crippen molar-refractivity contribution >= 4 is 66.9 Å². The van der Waals surface area contributed by atoms with Gasteiger partial charge < -0.3 is 0 Å². The van der Waals surface area contributed by atoms with Crippen LogP contribution in [0.15, 0.2) is 468 Å². The van der Waals surface area contributed by atoms with Gasteiger partial charge in [0.15, 0.2) is 11.6 Å². The molecule has 6 heterocycles. The van der Waals surface area contributed by atoms with Gasteiger partial charge in [-0.25, -0.2) is 29.9 Å². The maximum absolute atomic E-state index is 5.45. The molecule has 4 aromatic heterocycles. The van der Waals surface area contributed by atoms with E-state index in [-0.39, 0.29) is 0 Å². The number of pyridine rings is 2. The number of aromatic nitrogens is 6. The molecule has 8 heteroatoms. The zero-order valence-electron chi connectivity index (χ0n) is 69.2. The molecule has 0 bridgehead atoms. The molecule has 0 amide bonds. The van der Waals surface area contributed by atoms with E-state index >= 15 is 0 Å². The number of benzene rings is 18. The average Bonchev–Trinajstić information content (AvgIpc) is 1.58. The highest BCUT2D eigenvalue weighted by Gasteiger charge is 2.53. The number of hydrogen-bond donors (Lipinski definition) is 0. The van der Waals surface area contributed by atoms with E-state index in [9.17, 15) is 0 Å². The van der Waals surface area contributed by atoms with E-state index in [1.807, 2.05) is 66.0 Å². The first-order valence-electron chi connectivity index (χ1n) is 43.5. The van der Waals surface area contributed by atoms with Crippen molar-refractivity contribution in [2.45, 2.75) is 30.4 Å². The normalized spacial score (nSPS) is 13.1. The molecule has 22 aromatic rings. The summed E-state index contributed by atoms with van der Waals surface area (Å²) in [6.45, 7) is 0. The lowest BCUT2D eigenvalue weighted by molar-refractivity contribution is 0.723. The Kier molecular flexibility index (Phi) is 17.8. The summed E-state index contributed by atoms with van der Waals surface area (Å²) < 4.78 is 0. The van der Waals surface area contributed by atoms with Gasteiger partial charge in [-0.15, -0.1) is 0 Å². The molecule has 2 spiro atoms. The van der Waals surface area contributed by atoms with Crippen molar-refractivity contribution in [1.29, 1.82) is 0 Å². The third-order valence-corrected chi connectivity index (χ3v) is 28.6. The zero-order chi connectivity index (χ0) is 84.4. The molecular weight excluding hydrogens is 1590 g/mol. The van der Waals surface area contributed by atoms with E-state index in [2.05, 4.69) is 406 Å². The fourth-order valence-corrected chi connectivity index (χ4v) is 23.1. The van der Waals surface area contributed by atoms with Crippen molar-refractivity contribution in [2.75, 3.05) is 0 Å². The van der Waals surface area contributed by atoms with Crippen LogP contribution < -0.4 is 0 Å². The highest BCUT2D eigenvalue weighted by molar-refractivity contribution is 7.99. The predicted octanol–water partition coefficient (Wildman–Crippen LogP) is 30.7. The third-order valence-electron chi connectivity index (χ3n) is 26.3. The number of fused-ring (bicyclic) bond motifs is 26. The number of rotatable bonds is 10. The van der Waals surface area contributed by atoms with Crippen LogP contribution in [-0.2, 0) is 10.8 Å². The Morgan fingerprint density at radius 1 is 0.172 bits per heavy atom. The van der Waals surface area contributed by atoms with Crippen LogP contribution in [0.3, 0.4) is 0 Å². The lowest BCUT2D eigenvalue weighted by Gasteiger charge is -2.39. The Bertz CT molecular complexity index is 8140. The monoisotopic (exact) mass is 1660 g/mol. The maximum Gasteiger partial charge on any atom is 0.160 e. The van der Waals surface area contributed by atoms with E-state index < -0.39 is 10.8 Å². The minimum absolute atomic E-state index is 0.455. The molecule has 0 N–H and O–H groups in total. The van der Waals surface area contributed by atoms with Crippen molar-refractivity contribution in [3.8, 4) is 135 Å². The summed E-state index contributed by atoms with van der Waals surface area (Å²) in [6, 6.07) is 161. The van der Waals surface area contributed by atoms with Crippen LogP contribution in [-0.4, -0.2) is 29.9 Å². The highest BCUT2D eigenvalue weighted by Crippen LogP contribution is 2.66. The summed E-state index contributed by atoms with van der Waals surface area (Å²) in [6.07, 6.45) is 0. The Morgan fingerprint density at radius 3 is 0.859 bits per heavy atom. The molecular formula is C120H74N6S2. The smallest absolute Gasteiger partial charge is 0.160 e. The van der Waals surface area contributed by atoms with Gasteiger partial charge in [-0.3, -0.25) is 0 Å². The fourth-order valence-electron chi connectivity index (χ4n) is 20.7. The SMILES string of the molecule is c1ccc(-c2ccc(-c3cc(-c4ccc(-c5nc6ccccc6c6c7c(ccc56)C5(c6ccccc6Sc6ccccc65)c5ccccc5-7)cc4)nc(-c4ccccc4)n3)cc2)cc1.c1ccc(-c2cccc(-c3cc(-c4ccc(-c5nc6ccccc6c6c7c(ccc56)C5(c6ccccc6Sc6ccccc65)c5ccccc5-7)cc4)nc(-c4ccccc4)n3)c2)cc1. The molecule has 0 fully saturated rings. The molecule has 18 aromatic carbocycles. The van der Waals surface area contributed by atoms with Crippen LogP contribution in [0.2, 0.25) is 0 Å². The molecule has 2 aliphatic carbocycles. The molecule has 6 nitrogen and oxygen atoms in total. The van der Waals surface area contributed by atoms with E-state index in [1.165, 1.54) is 114 Å². The van der Waals surface area contributed by atoms with Crippen LogP contribution in [0, 0.1) is 0 Å². The van der Waals surface area contributed by atoms with Gasteiger partial charge >= 0.3 is 0 Å². The Balaban J connectivity index is 0.000000139. The first-order chi connectivity index (χ1) is 63.4. The Morgan fingerprint density at radius 2 is 0.461 bits per heavy atom. The van der Waals surface area contributed by atoms with Crippen LogP contribution in [0.4, 0.5) is 0 Å². The molecule has 26 rings (SSSR count). The number of para-hydroxylation sites is 2. The van der Waals surface area contributed by atoms with Crippen molar-refractivity contribution in [1.82, 2.24) is 29.9 Å². The first-order valence-corrected chi connectivity index (χ1v) is 45.2. The van der Waals surface area contributed by atoms with Crippen molar-refractivity contribution in [3.63, 3.8) is 0 Å². The molecule has 0 unspecified atom stereocenters. The van der Waals surface area contributed by atoms with E-state index in [0.717, 1.165) is 117 Å². The van der Waals surface area contributed by atoms with Crippen LogP contribution >= 0.6 is 23.5 Å².